The van der Waals surface area contributed by atoms with E-state index >= 15 is 0 Å². The summed E-state index contributed by atoms with van der Waals surface area (Å²) < 4.78 is 13.0. The molecule has 2 N–H and O–H groups in total. The summed E-state index contributed by atoms with van der Waals surface area (Å²) in [6.45, 7) is 4.89. The van der Waals surface area contributed by atoms with E-state index in [1.807, 2.05) is 30.3 Å². The molecule has 0 radical (unpaired) electrons. The molecule has 0 bridgehead atoms. The lowest BCUT2D eigenvalue weighted by atomic mass is 9.96. The van der Waals surface area contributed by atoms with Crippen LogP contribution in [-0.4, -0.2) is 12.5 Å². The average Bonchev–Trinajstić information content (AvgIpc) is 2.55. The van der Waals surface area contributed by atoms with E-state index in [0.717, 1.165) is 11.1 Å². The van der Waals surface area contributed by atoms with Crippen molar-refractivity contribution >= 4 is 5.91 Å². The lowest BCUT2D eigenvalue weighted by Crippen LogP contribution is -2.37. The molecular formula is C19H23FN2O. The van der Waals surface area contributed by atoms with Crippen LogP contribution in [0.2, 0.25) is 0 Å². The molecular weight excluding hydrogens is 291 g/mol. The quantitative estimate of drug-likeness (QED) is 0.822. The molecule has 122 valence electrons. The number of rotatable bonds is 7. The summed E-state index contributed by atoms with van der Waals surface area (Å²) in [5.74, 6) is -0.0131. The molecule has 2 aromatic rings. The van der Waals surface area contributed by atoms with Gasteiger partial charge in [-0.25, -0.2) is 4.39 Å². The minimum absolute atomic E-state index is 0.0121. The smallest absolute Gasteiger partial charge is 0.234 e. The molecule has 0 spiro atoms. The maximum atomic E-state index is 13.0. The Morgan fingerprint density at radius 2 is 1.70 bits per heavy atom. The van der Waals surface area contributed by atoms with E-state index in [1.165, 1.54) is 12.1 Å². The van der Waals surface area contributed by atoms with E-state index in [0.29, 0.717) is 12.5 Å². The van der Waals surface area contributed by atoms with Gasteiger partial charge in [-0.15, -0.1) is 0 Å². The monoisotopic (exact) mass is 314 g/mol. The summed E-state index contributed by atoms with van der Waals surface area (Å²) in [4.78, 5) is 12.0. The summed E-state index contributed by atoms with van der Waals surface area (Å²) in [6, 6.07) is 16.2. The second kappa shape index (κ2) is 8.44. The number of halogens is 1. The zero-order chi connectivity index (χ0) is 16.7. The van der Waals surface area contributed by atoms with Crippen LogP contribution in [0.3, 0.4) is 0 Å². The van der Waals surface area contributed by atoms with Crippen molar-refractivity contribution in [1.82, 2.24) is 10.6 Å². The molecule has 0 saturated heterocycles. The highest BCUT2D eigenvalue weighted by Gasteiger charge is 2.16. The molecule has 1 atom stereocenters. The SMILES string of the molecule is CC(C)[C@@H](NCC(=O)NCc1ccccc1)c1ccc(F)cc1. The molecule has 0 aliphatic rings. The van der Waals surface area contributed by atoms with Crippen molar-refractivity contribution < 1.29 is 9.18 Å². The van der Waals surface area contributed by atoms with Crippen molar-refractivity contribution in [3.63, 3.8) is 0 Å². The Morgan fingerprint density at radius 3 is 2.30 bits per heavy atom. The predicted molar refractivity (Wildman–Crippen MR) is 90.3 cm³/mol. The lowest BCUT2D eigenvalue weighted by molar-refractivity contribution is -0.120. The van der Waals surface area contributed by atoms with Gasteiger partial charge in [0.15, 0.2) is 0 Å². The van der Waals surface area contributed by atoms with E-state index in [-0.39, 0.29) is 24.3 Å². The Morgan fingerprint density at radius 1 is 1.04 bits per heavy atom. The molecule has 0 saturated carbocycles. The minimum Gasteiger partial charge on any atom is -0.351 e. The number of hydrogen-bond acceptors (Lipinski definition) is 2. The van der Waals surface area contributed by atoms with E-state index in [1.54, 1.807) is 12.1 Å². The van der Waals surface area contributed by atoms with Crippen LogP contribution in [0.25, 0.3) is 0 Å². The standard InChI is InChI=1S/C19H23FN2O/c1-14(2)19(16-8-10-17(20)11-9-16)22-13-18(23)21-12-15-6-4-3-5-7-15/h3-11,14,19,22H,12-13H2,1-2H3,(H,21,23)/t19-/m1/s1. The molecule has 4 heteroatoms. The van der Waals surface area contributed by atoms with E-state index in [9.17, 15) is 9.18 Å². The number of carbonyl (C=O) groups is 1. The third kappa shape index (κ3) is 5.49. The summed E-state index contributed by atoms with van der Waals surface area (Å²) in [5.41, 5.74) is 2.05. The molecule has 0 aliphatic carbocycles. The Balaban J connectivity index is 1.86. The number of amides is 1. The molecule has 2 rings (SSSR count). The van der Waals surface area contributed by atoms with Gasteiger partial charge in [0.05, 0.1) is 6.54 Å². The molecule has 0 aliphatic heterocycles. The Bertz CT molecular complexity index is 611. The van der Waals surface area contributed by atoms with Crippen LogP contribution < -0.4 is 10.6 Å². The number of hydrogen-bond donors (Lipinski definition) is 2. The second-order valence-electron chi connectivity index (χ2n) is 5.92. The molecule has 23 heavy (non-hydrogen) atoms. The van der Waals surface area contributed by atoms with Gasteiger partial charge < -0.3 is 10.6 Å². The van der Waals surface area contributed by atoms with Crippen LogP contribution in [-0.2, 0) is 11.3 Å². The van der Waals surface area contributed by atoms with Gasteiger partial charge in [-0.3, -0.25) is 4.79 Å². The van der Waals surface area contributed by atoms with Gasteiger partial charge in [0.25, 0.3) is 0 Å². The summed E-state index contributed by atoms with van der Waals surface area (Å²) in [6.07, 6.45) is 0. The Hall–Kier alpha value is -2.20. The zero-order valence-electron chi connectivity index (χ0n) is 13.6. The highest BCUT2D eigenvalue weighted by molar-refractivity contribution is 5.78. The van der Waals surface area contributed by atoms with Gasteiger partial charge in [-0.05, 0) is 29.2 Å². The first kappa shape index (κ1) is 17.2. The van der Waals surface area contributed by atoms with Gasteiger partial charge in [-0.2, -0.15) is 0 Å². The lowest BCUT2D eigenvalue weighted by Gasteiger charge is -2.22. The van der Waals surface area contributed by atoms with Crippen molar-refractivity contribution in [1.29, 1.82) is 0 Å². The third-order valence-corrected chi connectivity index (χ3v) is 3.71. The minimum atomic E-state index is -0.253. The van der Waals surface area contributed by atoms with E-state index in [2.05, 4.69) is 24.5 Å². The fraction of sp³-hybridized carbons (Fsp3) is 0.316. The number of nitrogens with one attached hydrogen (secondary N) is 2. The highest BCUT2D eigenvalue weighted by Crippen LogP contribution is 2.21. The van der Waals surface area contributed by atoms with Crippen LogP contribution >= 0.6 is 0 Å². The van der Waals surface area contributed by atoms with Crippen molar-refractivity contribution in [2.45, 2.75) is 26.4 Å². The maximum absolute atomic E-state index is 13.0. The van der Waals surface area contributed by atoms with Gasteiger partial charge >= 0.3 is 0 Å². The first-order valence-corrected chi connectivity index (χ1v) is 7.85. The normalized spacial score (nSPS) is 12.2. The summed E-state index contributed by atoms with van der Waals surface area (Å²) >= 11 is 0. The highest BCUT2D eigenvalue weighted by atomic mass is 19.1. The van der Waals surface area contributed by atoms with Gasteiger partial charge in [0.2, 0.25) is 5.91 Å². The van der Waals surface area contributed by atoms with E-state index < -0.39 is 0 Å². The van der Waals surface area contributed by atoms with Crippen LogP contribution in [0.1, 0.15) is 31.0 Å². The van der Waals surface area contributed by atoms with Crippen LogP contribution in [0.5, 0.6) is 0 Å². The predicted octanol–water partition coefficient (Wildman–Crippen LogP) is 3.43. The van der Waals surface area contributed by atoms with Gasteiger partial charge in [0.1, 0.15) is 5.82 Å². The molecule has 3 nitrogen and oxygen atoms in total. The van der Waals surface area contributed by atoms with Crippen LogP contribution in [0.4, 0.5) is 4.39 Å². The molecule has 0 unspecified atom stereocenters. The first-order valence-electron chi connectivity index (χ1n) is 7.85. The Labute approximate surface area is 136 Å². The first-order chi connectivity index (χ1) is 11.1. The fourth-order valence-electron chi connectivity index (χ4n) is 2.47. The second-order valence-corrected chi connectivity index (χ2v) is 5.92. The summed E-state index contributed by atoms with van der Waals surface area (Å²) in [5, 5.41) is 6.15. The Kier molecular flexibility index (Phi) is 6.29. The van der Waals surface area contributed by atoms with Crippen LogP contribution in [0.15, 0.2) is 54.6 Å². The molecule has 2 aromatic carbocycles. The van der Waals surface area contributed by atoms with Gasteiger partial charge in [0, 0.05) is 12.6 Å². The average molecular weight is 314 g/mol. The number of benzene rings is 2. The largest absolute Gasteiger partial charge is 0.351 e. The number of carbonyl (C=O) groups excluding carboxylic acids is 1. The van der Waals surface area contributed by atoms with E-state index in [4.69, 9.17) is 0 Å². The molecule has 1 amide bonds. The molecule has 0 aromatic heterocycles. The zero-order valence-corrected chi connectivity index (χ0v) is 13.6. The topological polar surface area (TPSA) is 41.1 Å². The van der Waals surface area contributed by atoms with Crippen LogP contribution in [0, 0.1) is 11.7 Å². The van der Waals surface area contributed by atoms with Crippen molar-refractivity contribution in [3.8, 4) is 0 Å². The molecule has 0 fully saturated rings. The third-order valence-electron chi connectivity index (χ3n) is 3.71. The fourth-order valence-corrected chi connectivity index (χ4v) is 2.47. The van der Waals surface area contributed by atoms with Crippen molar-refractivity contribution in [3.05, 3.63) is 71.5 Å². The van der Waals surface area contributed by atoms with Crippen molar-refractivity contribution in [2.75, 3.05) is 6.54 Å². The maximum Gasteiger partial charge on any atom is 0.234 e. The van der Waals surface area contributed by atoms with Gasteiger partial charge in [-0.1, -0.05) is 56.3 Å². The summed E-state index contributed by atoms with van der Waals surface area (Å²) in [7, 11) is 0. The molecule has 0 heterocycles. The van der Waals surface area contributed by atoms with Crippen molar-refractivity contribution in [2.24, 2.45) is 5.92 Å².